The molecule has 2 aromatic heterocycles. The van der Waals surface area contributed by atoms with E-state index >= 15 is 0 Å². The second kappa shape index (κ2) is 5.37. The van der Waals surface area contributed by atoms with Crippen molar-refractivity contribution in [2.45, 2.75) is 10.6 Å². The molecule has 3 heterocycles. The number of carboxylic acids is 1. The van der Waals surface area contributed by atoms with Crippen LogP contribution in [0.15, 0.2) is 53.6 Å². The zero-order chi connectivity index (χ0) is 17.8. The Morgan fingerprint density at radius 1 is 1.19 bits per heavy atom. The molecule has 2 N–H and O–H groups in total. The third-order valence-corrected chi connectivity index (χ3v) is 5.94. The number of H-pyrrole nitrogens is 1. The Bertz CT molecular complexity index is 1220. The molecule has 2 aromatic carbocycles. The van der Waals surface area contributed by atoms with Gasteiger partial charge in [0.15, 0.2) is 5.69 Å². The van der Waals surface area contributed by atoms with Crippen molar-refractivity contribution in [2.75, 3.05) is 0 Å². The molecule has 0 fully saturated rings. The maximum absolute atomic E-state index is 12.6. The number of aromatic carboxylic acids is 1. The summed E-state index contributed by atoms with van der Waals surface area (Å²) in [4.78, 5) is 12.4. The van der Waals surface area contributed by atoms with Crippen LogP contribution in [0.4, 0.5) is 0 Å². The number of benzene rings is 2. The fraction of sp³-hybridized carbons (Fsp3) is 0.0556. The lowest BCUT2D eigenvalue weighted by Gasteiger charge is -2.18. The van der Waals surface area contributed by atoms with E-state index in [2.05, 4.69) is 15.3 Å². The molecule has 4 aromatic rings. The van der Waals surface area contributed by atoms with Crippen molar-refractivity contribution in [1.29, 1.82) is 0 Å². The second-order valence-corrected chi connectivity index (χ2v) is 7.41. The monoisotopic (exact) mass is 364 g/mol. The van der Waals surface area contributed by atoms with Gasteiger partial charge in [0, 0.05) is 21.4 Å². The molecule has 8 heteroatoms. The summed E-state index contributed by atoms with van der Waals surface area (Å²) in [6, 6.07) is 13.0. The van der Waals surface area contributed by atoms with Crippen LogP contribution < -0.4 is 0 Å². The summed E-state index contributed by atoms with van der Waals surface area (Å²) >= 11 is 0. The number of aromatic amines is 1. The van der Waals surface area contributed by atoms with Gasteiger partial charge in [0.25, 0.3) is 0 Å². The summed E-state index contributed by atoms with van der Waals surface area (Å²) in [5.41, 5.74) is 3.40. The highest BCUT2D eigenvalue weighted by molar-refractivity contribution is 7.84. The summed E-state index contributed by atoms with van der Waals surface area (Å²) in [5, 5.41) is 21.8. The van der Waals surface area contributed by atoms with Crippen molar-refractivity contribution in [1.82, 2.24) is 20.0 Å². The van der Waals surface area contributed by atoms with E-state index in [4.69, 9.17) is 0 Å². The summed E-state index contributed by atoms with van der Waals surface area (Å²) in [5.74, 6) is -0.995. The van der Waals surface area contributed by atoms with Crippen LogP contribution in [0.3, 0.4) is 0 Å². The summed E-state index contributed by atoms with van der Waals surface area (Å²) < 4.78 is 14.2. The Hall–Kier alpha value is -3.26. The van der Waals surface area contributed by atoms with Crippen LogP contribution in [0.25, 0.3) is 27.8 Å². The number of nitrogens with zero attached hydrogens (tertiary/aromatic N) is 3. The maximum atomic E-state index is 12.6. The average Bonchev–Trinajstić information content (AvgIpc) is 3.26. The quantitative estimate of drug-likeness (QED) is 0.569. The van der Waals surface area contributed by atoms with Crippen LogP contribution in [0.5, 0.6) is 0 Å². The lowest BCUT2D eigenvalue weighted by molar-refractivity contribution is 0.0689. The molecule has 1 aliphatic heterocycles. The van der Waals surface area contributed by atoms with E-state index in [1.165, 1.54) is 0 Å². The van der Waals surface area contributed by atoms with Crippen LogP contribution in [-0.4, -0.2) is 35.3 Å². The number of hydrogen-bond acceptors (Lipinski definition) is 4. The first kappa shape index (κ1) is 15.0. The van der Waals surface area contributed by atoms with Gasteiger partial charge in [0.05, 0.1) is 39.6 Å². The first-order valence-corrected chi connectivity index (χ1v) is 9.22. The molecule has 1 aliphatic rings. The molecule has 0 saturated carbocycles. The first-order valence-electron chi connectivity index (χ1n) is 7.90. The van der Waals surface area contributed by atoms with Gasteiger partial charge in [-0.15, -0.1) is 0 Å². The molecular formula is C18H12N4O3S. The Kier molecular flexibility index (Phi) is 3.10. The van der Waals surface area contributed by atoms with Gasteiger partial charge >= 0.3 is 5.97 Å². The van der Waals surface area contributed by atoms with E-state index in [9.17, 15) is 14.1 Å². The van der Waals surface area contributed by atoms with Crippen LogP contribution in [0.2, 0.25) is 0 Å². The number of fused-ring (bicyclic) bond motifs is 4. The molecule has 0 aliphatic carbocycles. The van der Waals surface area contributed by atoms with Crippen LogP contribution in [0, 0.1) is 0 Å². The van der Waals surface area contributed by atoms with Crippen LogP contribution in [0.1, 0.15) is 16.1 Å². The van der Waals surface area contributed by atoms with Gasteiger partial charge in [-0.1, -0.05) is 24.3 Å². The summed E-state index contributed by atoms with van der Waals surface area (Å²) in [6.45, 7) is 0. The van der Waals surface area contributed by atoms with Crippen LogP contribution >= 0.6 is 0 Å². The van der Waals surface area contributed by atoms with Crippen molar-refractivity contribution in [2.24, 2.45) is 0 Å². The predicted molar refractivity (Wildman–Crippen MR) is 95.7 cm³/mol. The third kappa shape index (κ3) is 1.99. The highest BCUT2D eigenvalue weighted by Crippen LogP contribution is 2.39. The van der Waals surface area contributed by atoms with Gasteiger partial charge < -0.3 is 5.11 Å². The average molecular weight is 364 g/mol. The van der Waals surface area contributed by atoms with E-state index in [0.717, 1.165) is 22.2 Å². The number of carboxylic acid groups (broad SMARTS) is 1. The number of rotatable bonds is 2. The van der Waals surface area contributed by atoms with E-state index in [1.54, 1.807) is 10.9 Å². The molecule has 0 saturated heterocycles. The Morgan fingerprint density at radius 2 is 2.04 bits per heavy atom. The second-order valence-electron chi connectivity index (χ2n) is 5.99. The third-order valence-electron chi connectivity index (χ3n) is 4.54. The van der Waals surface area contributed by atoms with Gasteiger partial charge in [-0.25, -0.2) is 9.48 Å². The van der Waals surface area contributed by atoms with Crippen molar-refractivity contribution in [3.63, 3.8) is 0 Å². The topological polar surface area (TPSA) is 101 Å². The molecule has 0 amide bonds. The minimum absolute atomic E-state index is 0.0663. The van der Waals surface area contributed by atoms with Crippen molar-refractivity contribution in [3.05, 3.63) is 59.9 Å². The van der Waals surface area contributed by atoms with E-state index in [0.29, 0.717) is 16.2 Å². The Balaban J connectivity index is 1.90. The molecule has 0 spiro atoms. The first-order chi connectivity index (χ1) is 12.6. The normalized spacial score (nSPS) is 15.6. The fourth-order valence-corrected chi connectivity index (χ4v) is 4.75. The Morgan fingerprint density at radius 3 is 2.88 bits per heavy atom. The standard InChI is InChI=1S/C18H12N4O3S/c23-18(24)16-12-9-26(25)15-7-2-1-4-10(15)17(12)22(21-16)14-6-3-5-13-11(14)8-19-20-13/h1-8H,9H2,(H,19,20)(H,23,24). The molecule has 128 valence electrons. The highest BCUT2D eigenvalue weighted by Gasteiger charge is 2.32. The summed E-state index contributed by atoms with van der Waals surface area (Å²) in [6.07, 6.45) is 1.69. The number of nitrogens with one attached hydrogen (secondary N) is 1. The highest BCUT2D eigenvalue weighted by atomic mass is 32.2. The smallest absolute Gasteiger partial charge is 0.356 e. The van der Waals surface area contributed by atoms with Crippen molar-refractivity contribution >= 4 is 27.7 Å². The van der Waals surface area contributed by atoms with Crippen molar-refractivity contribution in [3.8, 4) is 16.9 Å². The zero-order valence-electron chi connectivity index (χ0n) is 13.3. The van der Waals surface area contributed by atoms with Gasteiger partial charge in [-0.3, -0.25) is 9.31 Å². The molecule has 7 nitrogen and oxygen atoms in total. The number of hydrogen-bond donors (Lipinski definition) is 2. The molecule has 26 heavy (non-hydrogen) atoms. The van der Waals surface area contributed by atoms with Crippen LogP contribution in [-0.2, 0) is 16.6 Å². The minimum atomic E-state index is -1.30. The van der Waals surface area contributed by atoms with Gasteiger partial charge in [-0.05, 0) is 18.2 Å². The summed E-state index contributed by atoms with van der Waals surface area (Å²) in [7, 11) is -1.30. The number of carbonyl (C=O) groups is 1. The minimum Gasteiger partial charge on any atom is -0.476 e. The zero-order valence-corrected chi connectivity index (χ0v) is 14.2. The largest absolute Gasteiger partial charge is 0.476 e. The van der Waals surface area contributed by atoms with Gasteiger partial charge in [0.1, 0.15) is 0 Å². The van der Waals surface area contributed by atoms with Gasteiger partial charge in [0.2, 0.25) is 0 Å². The number of aromatic nitrogens is 4. The molecule has 0 radical (unpaired) electrons. The Labute approximate surface area is 149 Å². The molecule has 0 bridgehead atoms. The fourth-order valence-electron chi connectivity index (χ4n) is 3.42. The SMILES string of the molecule is O=C(O)c1nn(-c2cccc3[nH]ncc23)c2c1CS(=O)c1ccccc1-2. The maximum Gasteiger partial charge on any atom is 0.356 e. The lowest BCUT2D eigenvalue weighted by Crippen LogP contribution is -2.10. The van der Waals surface area contributed by atoms with Gasteiger partial charge in [-0.2, -0.15) is 10.2 Å². The molecule has 5 rings (SSSR count). The molecule has 1 unspecified atom stereocenters. The van der Waals surface area contributed by atoms with E-state index in [1.807, 2.05) is 42.5 Å². The van der Waals surface area contributed by atoms with E-state index in [-0.39, 0.29) is 11.4 Å². The molecular weight excluding hydrogens is 352 g/mol. The molecule has 1 atom stereocenters. The van der Waals surface area contributed by atoms with Crippen molar-refractivity contribution < 1.29 is 14.1 Å². The predicted octanol–water partition coefficient (Wildman–Crippen LogP) is 2.74. The van der Waals surface area contributed by atoms with E-state index < -0.39 is 16.8 Å². The lowest BCUT2D eigenvalue weighted by atomic mass is 10.1.